The van der Waals surface area contributed by atoms with E-state index in [1.54, 1.807) is 39.3 Å². The van der Waals surface area contributed by atoms with Crippen LogP contribution < -0.4 is 14.2 Å². The average Bonchev–Trinajstić information content (AvgIpc) is 2.61. The number of nitrogens with zero attached hydrogens (tertiary/aromatic N) is 1. The average molecular weight is 327 g/mol. The largest absolute Gasteiger partial charge is 0.497 e. The van der Waals surface area contributed by atoms with Gasteiger partial charge in [0, 0.05) is 27.4 Å². The summed E-state index contributed by atoms with van der Waals surface area (Å²) < 4.78 is 16.0. The molecule has 0 unspecified atom stereocenters. The third-order valence-corrected chi connectivity index (χ3v) is 4.54. The van der Waals surface area contributed by atoms with Crippen molar-refractivity contribution >= 4 is 22.7 Å². The maximum absolute atomic E-state index is 5.40. The summed E-state index contributed by atoms with van der Waals surface area (Å²) in [7, 11) is 4.93. The van der Waals surface area contributed by atoms with Gasteiger partial charge in [0.15, 0.2) is 11.5 Å². The van der Waals surface area contributed by atoms with Crippen LogP contribution in [0.1, 0.15) is 0 Å². The molecule has 23 heavy (non-hydrogen) atoms. The lowest BCUT2D eigenvalue weighted by Crippen LogP contribution is -1.92. The van der Waals surface area contributed by atoms with E-state index in [0.29, 0.717) is 11.5 Å². The summed E-state index contributed by atoms with van der Waals surface area (Å²) >= 11 is 1.66. The smallest absolute Gasteiger partial charge is 0.162 e. The molecule has 0 amide bonds. The summed E-state index contributed by atoms with van der Waals surface area (Å²) in [4.78, 5) is 6.63. The summed E-state index contributed by atoms with van der Waals surface area (Å²) in [6.45, 7) is 0. The Balaban J connectivity index is 2.06. The van der Waals surface area contributed by atoms with Gasteiger partial charge in [0.1, 0.15) is 5.75 Å². The Morgan fingerprint density at radius 2 is 1.65 bits per heavy atom. The zero-order valence-corrected chi connectivity index (χ0v) is 14.0. The summed E-state index contributed by atoms with van der Waals surface area (Å²) in [5.41, 5.74) is 0.871. The highest BCUT2D eigenvalue weighted by Crippen LogP contribution is 2.38. The third-order valence-electron chi connectivity index (χ3n) is 3.48. The molecule has 0 saturated carbocycles. The van der Waals surface area contributed by atoms with Crippen LogP contribution in [0.2, 0.25) is 0 Å². The molecule has 5 heteroatoms. The second-order valence-electron chi connectivity index (χ2n) is 4.81. The van der Waals surface area contributed by atoms with Crippen molar-refractivity contribution in [2.24, 2.45) is 0 Å². The van der Waals surface area contributed by atoms with Gasteiger partial charge in [0.2, 0.25) is 0 Å². The first-order chi connectivity index (χ1) is 11.2. The molecule has 3 rings (SSSR count). The van der Waals surface area contributed by atoms with E-state index in [4.69, 9.17) is 14.2 Å². The summed E-state index contributed by atoms with van der Waals surface area (Å²) in [5, 5.41) is 1.03. The molecule has 4 nitrogen and oxygen atoms in total. The fourth-order valence-corrected chi connectivity index (χ4v) is 3.31. The highest BCUT2D eigenvalue weighted by molar-refractivity contribution is 7.99. The van der Waals surface area contributed by atoms with Gasteiger partial charge in [-0.05, 0) is 30.3 Å². The number of hydrogen-bond acceptors (Lipinski definition) is 5. The molecule has 118 valence electrons. The Hall–Kier alpha value is -2.40. The quantitative estimate of drug-likeness (QED) is 0.694. The number of rotatable bonds is 5. The molecule has 0 bridgehead atoms. The number of methoxy groups -OCH3 is 3. The van der Waals surface area contributed by atoms with Gasteiger partial charge in [-0.3, -0.25) is 4.98 Å². The van der Waals surface area contributed by atoms with Crippen molar-refractivity contribution in [2.75, 3.05) is 21.3 Å². The van der Waals surface area contributed by atoms with Gasteiger partial charge in [-0.25, -0.2) is 0 Å². The summed E-state index contributed by atoms with van der Waals surface area (Å²) in [6, 6.07) is 13.8. The maximum Gasteiger partial charge on any atom is 0.162 e. The van der Waals surface area contributed by atoms with Crippen LogP contribution in [-0.2, 0) is 0 Å². The molecule has 2 aromatic carbocycles. The van der Waals surface area contributed by atoms with Crippen LogP contribution in [0.25, 0.3) is 10.9 Å². The molecule has 0 atom stereocenters. The minimum Gasteiger partial charge on any atom is -0.497 e. The summed E-state index contributed by atoms with van der Waals surface area (Å²) in [5.74, 6) is 2.21. The van der Waals surface area contributed by atoms with Gasteiger partial charge in [0.25, 0.3) is 0 Å². The van der Waals surface area contributed by atoms with Gasteiger partial charge in [0.05, 0.1) is 26.8 Å². The Bertz CT molecular complexity index is 836. The Morgan fingerprint density at radius 1 is 0.870 bits per heavy atom. The Kier molecular flexibility index (Phi) is 4.57. The fourth-order valence-electron chi connectivity index (χ4n) is 2.33. The van der Waals surface area contributed by atoms with Crippen LogP contribution in [0, 0.1) is 0 Å². The van der Waals surface area contributed by atoms with Crippen molar-refractivity contribution in [3.8, 4) is 17.2 Å². The zero-order chi connectivity index (χ0) is 16.2. The van der Waals surface area contributed by atoms with E-state index in [-0.39, 0.29) is 0 Å². The molecule has 0 fully saturated rings. The van der Waals surface area contributed by atoms with Crippen LogP contribution in [0.3, 0.4) is 0 Å². The molecular weight excluding hydrogens is 310 g/mol. The van der Waals surface area contributed by atoms with Crippen LogP contribution in [0.15, 0.2) is 58.5 Å². The normalized spacial score (nSPS) is 10.6. The number of ether oxygens (including phenoxy) is 3. The van der Waals surface area contributed by atoms with Crippen molar-refractivity contribution in [3.05, 3.63) is 48.7 Å². The number of pyridine rings is 1. The predicted molar refractivity (Wildman–Crippen MR) is 92.0 cm³/mol. The fraction of sp³-hybridized carbons (Fsp3) is 0.167. The monoisotopic (exact) mass is 327 g/mol. The van der Waals surface area contributed by atoms with Gasteiger partial charge >= 0.3 is 0 Å². The van der Waals surface area contributed by atoms with E-state index in [2.05, 4.69) is 11.1 Å². The first-order valence-corrected chi connectivity index (χ1v) is 7.89. The van der Waals surface area contributed by atoms with Crippen molar-refractivity contribution in [3.63, 3.8) is 0 Å². The van der Waals surface area contributed by atoms with Crippen LogP contribution in [-0.4, -0.2) is 26.3 Å². The Labute approximate surface area is 139 Å². The number of benzene rings is 2. The molecule has 0 aliphatic heterocycles. The second kappa shape index (κ2) is 6.79. The highest BCUT2D eigenvalue weighted by atomic mass is 32.2. The molecule has 1 aromatic heterocycles. The molecule has 0 spiro atoms. The molecule has 0 N–H and O–H groups in total. The van der Waals surface area contributed by atoms with Crippen LogP contribution in [0.4, 0.5) is 0 Å². The number of hydrogen-bond donors (Lipinski definition) is 0. The number of fused-ring (bicyclic) bond motifs is 1. The lowest BCUT2D eigenvalue weighted by atomic mass is 10.2. The molecule has 0 saturated heterocycles. The zero-order valence-electron chi connectivity index (χ0n) is 13.2. The summed E-state index contributed by atoms with van der Waals surface area (Å²) in [6.07, 6.45) is 1.80. The molecule has 0 aliphatic carbocycles. The van der Waals surface area contributed by atoms with Crippen molar-refractivity contribution in [2.45, 2.75) is 9.79 Å². The van der Waals surface area contributed by atoms with E-state index in [0.717, 1.165) is 26.4 Å². The molecular formula is C18H17NO3S. The molecule has 0 aliphatic rings. The molecule has 1 heterocycles. The lowest BCUT2D eigenvalue weighted by Gasteiger charge is -2.11. The van der Waals surface area contributed by atoms with Gasteiger partial charge < -0.3 is 14.2 Å². The van der Waals surface area contributed by atoms with Crippen molar-refractivity contribution < 1.29 is 14.2 Å². The lowest BCUT2D eigenvalue weighted by molar-refractivity contribution is 0.355. The van der Waals surface area contributed by atoms with Crippen molar-refractivity contribution in [1.29, 1.82) is 0 Å². The highest BCUT2D eigenvalue weighted by Gasteiger charge is 2.11. The van der Waals surface area contributed by atoms with Gasteiger partial charge in [-0.2, -0.15) is 0 Å². The Morgan fingerprint density at radius 3 is 2.39 bits per heavy atom. The minimum absolute atomic E-state index is 0.677. The SMILES string of the molecule is COc1cccc(Sc2ccnc3cc(OC)c(OC)cc23)c1. The van der Waals surface area contributed by atoms with Crippen molar-refractivity contribution in [1.82, 2.24) is 4.98 Å². The van der Waals surface area contributed by atoms with Crippen LogP contribution in [0.5, 0.6) is 17.2 Å². The molecule has 3 aromatic rings. The van der Waals surface area contributed by atoms with E-state index in [1.165, 1.54) is 0 Å². The van der Waals surface area contributed by atoms with Gasteiger partial charge in [-0.1, -0.05) is 17.8 Å². The molecule has 0 radical (unpaired) electrons. The first-order valence-electron chi connectivity index (χ1n) is 7.08. The van der Waals surface area contributed by atoms with Crippen LogP contribution >= 0.6 is 11.8 Å². The van der Waals surface area contributed by atoms with E-state index < -0.39 is 0 Å². The standard InChI is InChI=1S/C18H17NO3S/c1-20-12-5-4-6-13(9-12)23-18-7-8-19-15-11-17(22-3)16(21-2)10-14(15)18/h4-11H,1-3H3. The van der Waals surface area contributed by atoms with E-state index in [9.17, 15) is 0 Å². The van der Waals surface area contributed by atoms with Gasteiger partial charge in [-0.15, -0.1) is 0 Å². The maximum atomic E-state index is 5.40. The predicted octanol–water partition coefficient (Wildman–Crippen LogP) is 4.41. The van der Waals surface area contributed by atoms with E-state index >= 15 is 0 Å². The minimum atomic E-state index is 0.677. The van der Waals surface area contributed by atoms with E-state index in [1.807, 2.05) is 36.4 Å². The number of aromatic nitrogens is 1. The topological polar surface area (TPSA) is 40.6 Å². The third kappa shape index (κ3) is 3.19. The first kappa shape index (κ1) is 15.5. The second-order valence-corrected chi connectivity index (χ2v) is 5.93.